The van der Waals surface area contributed by atoms with E-state index in [9.17, 15) is 22.5 Å². The van der Waals surface area contributed by atoms with E-state index in [1.54, 1.807) is 32.0 Å². The Labute approximate surface area is 275 Å². The molecule has 4 rings (SSSR count). The van der Waals surface area contributed by atoms with E-state index < -0.39 is 37.7 Å². The van der Waals surface area contributed by atoms with Gasteiger partial charge in [0.05, 0.1) is 38.7 Å². The molecule has 0 fully saturated rings. The fourth-order valence-corrected chi connectivity index (χ4v) is 6.93. The van der Waals surface area contributed by atoms with Crippen LogP contribution in [-0.2, 0) is 24.5 Å². The van der Waals surface area contributed by atoms with Gasteiger partial charge in [0.15, 0.2) is 0 Å². The minimum Gasteiger partial charge on any atom is -0.448 e. The van der Waals surface area contributed by atoms with Crippen LogP contribution in [-0.4, -0.2) is 59.3 Å². The number of benzene rings is 3. The average Bonchev–Trinajstić information content (AvgIpc) is 2.99. The second kappa shape index (κ2) is 14.6. The van der Waals surface area contributed by atoms with Gasteiger partial charge in [-0.15, -0.1) is 4.36 Å². The van der Waals surface area contributed by atoms with Crippen molar-refractivity contribution < 1.29 is 31.7 Å². The van der Waals surface area contributed by atoms with E-state index in [4.69, 9.17) is 27.9 Å². The van der Waals surface area contributed by atoms with Gasteiger partial charge in [0.25, 0.3) is 10.0 Å². The van der Waals surface area contributed by atoms with Gasteiger partial charge >= 0.3 is 6.09 Å². The van der Waals surface area contributed by atoms with Crippen molar-refractivity contribution >= 4 is 72.2 Å². The van der Waals surface area contributed by atoms with Crippen LogP contribution in [0.2, 0.25) is 10.0 Å². The molecular formula is C29H29Cl2FN6O6S2. The summed E-state index contributed by atoms with van der Waals surface area (Å²) in [7, 11) is -7.39. The smallest absolute Gasteiger partial charge is 0.442 e. The van der Waals surface area contributed by atoms with Crippen molar-refractivity contribution in [2.75, 3.05) is 34.8 Å². The molecule has 0 radical (unpaired) electrons. The molecule has 3 aromatic carbocycles. The molecule has 12 nitrogen and oxygen atoms in total. The zero-order valence-electron chi connectivity index (χ0n) is 24.6. The van der Waals surface area contributed by atoms with Crippen molar-refractivity contribution in [1.29, 1.82) is 0 Å². The summed E-state index contributed by atoms with van der Waals surface area (Å²) in [6.07, 6.45) is 1.79. The Morgan fingerprint density at radius 2 is 1.85 bits per heavy atom. The van der Waals surface area contributed by atoms with E-state index in [2.05, 4.69) is 29.7 Å². The molecule has 2 atom stereocenters. The Bertz CT molecular complexity index is 2010. The van der Waals surface area contributed by atoms with Gasteiger partial charge in [-0.2, -0.15) is 4.98 Å². The van der Waals surface area contributed by atoms with Crippen molar-refractivity contribution in [3.63, 3.8) is 0 Å². The van der Waals surface area contributed by atoms with E-state index in [0.717, 1.165) is 6.07 Å². The molecule has 0 saturated heterocycles. The normalized spacial score (nSPS) is 13.3. The zero-order chi connectivity index (χ0) is 33.6. The third-order valence-corrected chi connectivity index (χ3v) is 10.2. The zero-order valence-corrected chi connectivity index (χ0v) is 27.8. The number of halogens is 3. The number of nitrogens with zero attached hydrogens (tertiary/aromatic N) is 3. The second-order valence-electron chi connectivity index (χ2n) is 9.78. The summed E-state index contributed by atoms with van der Waals surface area (Å²) < 4.78 is 64.8. The topological polar surface area (TPSA) is 172 Å². The van der Waals surface area contributed by atoms with Crippen LogP contribution in [0.3, 0.4) is 0 Å². The molecule has 0 aliphatic rings. The number of amides is 1. The van der Waals surface area contributed by atoms with E-state index in [-0.39, 0.29) is 50.5 Å². The van der Waals surface area contributed by atoms with E-state index in [1.807, 2.05) is 0 Å². The summed E-state index contributed by atoms with van der Waals surface area (Å²) in [4.78, 5) is 20.6. The molecule has 46 heavy (non-hydrogen) atoms. The van der Waals surface area contributed by atoms with E-state index in [0.29, 0.717) is 16.8 Å². The quantitative estimate of drug-likeness (QED) is 0.134. The molecule has 0 aliphatic heterocycles. The summed E-state index contributed by atoms with van der Waals surface area (Å²) in [5.41, 5.74) is 0.742. The Kier molecular flexibility index (Phi) is 11.1. The lowest BCUT2D eigenvalue weighted by atomic mass is 10.1. The molecule has 1 amide bonds. The van der Waals surface area contributed by atoms with Crippen LogP contribution in [0.4, 0.5) is 32.3 Å². The summed E-state index contributed by atoms with van der Waals surface area (Å²) in [6.45, 7) is 3.16. The van der Waals surface area contributed by atoms with Crippen molar-refractivity contribution in [2.24, 2.45) is 4.36 Å². The lowest BCUT2D eigenvalue weighted by molar-refractivity contribution is 0.164. The SMILES string of the molecule is CCOC(=O)N=[S@@](C)(=O)c1cccc(Nc2ncc(-c3ccc(NS(=O)(=O)c4cccc(Cl)c4Cl)c(F)c3)c(NC(C)CO)n2)c1. The van der Waals surface area contributed by atoms with Crippen LogP contribution < -0.4 is 15.4 Å². The van der Waals surface area contributed by atoms with E-state index in [1.165, 1.54) is 48.9 Å². The minimum atomic E-state index is -4.28. The standard InChI is InChI=1S/C29H29Cl2FN6O6S2/c1-4-44-29(40)38-45(3,41)20-8-5-7-19(14-20)35-28-33-15-21(27(36-28)34-17(2)16-39)18-11-12-24(23(32)13-18)37-46(42,43)25-10-6-9-22(30)26(25)31/h5-15,17,37,39H,4,16H2,1-3H3,(H2,33,34,35,36)/t17?,45-/m0/s1. The van der Waals surface area contributed by atoms with Gasteiger partial charge < -0.3 is 20.5 Å². The number of aromatic nitrogens is 2. The maximum absolute atomic E-state index is 15.3. The third kappa shape index (κ3) is 8.41. The molecular weight excluding hydrogens is 682 g/mol. The van der Waals surface area contributed by atoms with Crippen molar-refractivity contribution in [1.82, 2.24) is 9.97 Å². The molecule has 1 unspecified atom stereocenters. The number of sulfonamides is 1. The Hall–Kier alpha value is -4.02. The number of anilines is 4. The Balaban J connectivity index is 1.64. The highest BCUT2D eigenvalue weighted by atomic mass is 35.5. The molecule has 1 aromatic heterocycles. The fraction of sp³-hybridized carbons (Fsp3) is 0.207. The predicted molar refractivity (Wildman–Crippen MR) is 176 cm³/mol. The molecule has 4 N–H and O–H groups in total. The van der Waals surface area contributed by atoms with Crippen molar-refractivity contribution in [3.05, 3.63) is 82.7 Å². The highest BCUT2D eigenvalue weighted by Crippen LogP contribution is 2.33. The Morgan fingerprint density at radius 1 is 1.11 bits per heavy atom. The molecule has 0 saturated carbocycles. The highest BCUT2D eigenvalue weighted by molar-refractivity contribution is 7.93. The number of rotatable bonds is 11. The third-order valence-electron chi connectivity index (χ3n) is 6.22. The van der Waals surface area contributed by atoms with Gasteiger partial charge in [-0.25, -0.2) is 26.8 Å². The number of nitrogens with one attached hydrogen (secondary N) is 3. The van der Waals surface area contributed by atoms with Crippen LogP contribution in [0, 0.1) is 5.82 Å². The highest BCUT2D eigenvalue weighted by Gasteiger charge is 2.22. The molecule has 0 bridgehead atoms. The van der Waals surface area contributed by atoms with Crippen molar-refractivity contribution in [2.45, 2.75) is 29.7 Å². The van der Waals surface area contributed by atoms with Crippen molar-refractivity contribution in [3.8, 4) is 11.1 Å². The van der Waals surface area contributed by atoms with Crippen LogP contribution in [0.15, 0.2) is 81.0 Å². The van der Waals surface area contributed by atoms with Crippen LogP contribution in [0.1, 0.15) is 13.8 Å². The maximum atomic E-state index is 15.3. The summed E-state index contributed by atoms with van der Waals surface area (Å²) in [6, 6.07) is 13.8. The predicted octanol–water partition coefficient (Wildman–Crippen LogP) is 6.54. The van der Waals surface area contributed by atoms with Gasteiger partial charge in [-0.05, 0) is 61.9 Å². The first-order chi connectivity index (χ1) is 21.7. The maximum Gasteiger partial charge on any atom is 0.442 e. The molecule has 17 heteroatoms. The lowest BCUT2D eigenvalue weighted by Gasteiger charge is -2.17. The van der Waals surface area contributed by atoms with Gasteiger partial charge in [-0.1, -0.05) is 41.4 Å². The number of aliphatic hydroxyl groups is 1. The van der Waals surface area contributed by atoms with Gasteiger partial charge in [0.1, 0.15) is 16.5 Å². The lowest BCUT2D eigenvalue weighted by Crippen LogP contribution is -2.21. The summed E-state index contributed by atoms with van der Waals surface area (Å²) in [5, 5.41) is 15.5. The molecule has 4 aromatic rings. The average molecular weight is 712 g/mol. The van der Waals surface area contributed by atoms with Crippen LogP contribution in [0.25, 0.3) is 11.1 Å². The fourth-order valence-electron chi connectivity index (χ4n) is 3.98. The number of carbonyl (C=O) groups excluding carboxylic acids is 1. The number of hydrogen-bond acceptors (Lipinski definition) is 10. The molecule has 0 aliphatic carbocycles. The van der Waals surface area contributed by atoms with Crippen LogP contribution >= 0.6 is 23.2 Å². The van der Waals surface area contributed by atoms with Gasteiger partial charge in [0, 0.05) is 34.6 Å². The minimum absolute atomic E-state index is 0.0256. The van der Waals surface area contributed by atoms with Gasteiger partial charge in [0.2, 0.25) is 5.95 Å². The largest absolute Gasteiger partial charge is 0.448 e. The van der Waals surface area contributed by atoms with E-state index >= 15 is 4.39 Å². The Morgan fingerprint density at radius 3 is 2.54 bits per heavy atom. The first kappa shape index (κ1) is 34.8. The first-order valence-electron chi connectivity index (χ1n) is 13.5. The molecule has 1 heterocycles. The van der Waals surface area contributed by atoms with Crippen LogP contribution in [0.5, 0.6) is 0 Å². The number of ether oxygens (including phenoxy) is 1. The molecule has 244 valence electrons. The molecule has 0 spiro atoms. The number of carbonyl (C=O) groups is 1. The monoisotopic (exact) mass is 710 g/mol. The number of hydrogen-bond donors (Lipinski definition) is 4. The second-order valence-corrected chi connectivity index (χ2v) is 14.5. The number of aliphatic hydroxyl groups excluding tert-OH is 1. The first-order valence-corrected chi connectivity index (χ1v) is 17.7. The summed E-state index contributed by atoms with van der Waals surface area (Å²) >= 11 is 12.0. The summed E-state index contributed by atoms with van der Waals surface area (Å²) in [5.74, 6) is -0.567. The van der Waals surface area contributed by atoms with Gasteiger partial charge in [-0.3, -0.25) is 4.72 Å².